The van der Waals surface area contributed by atoms with Crippen molar-refractivity contribution in [2.24, 2.45) is 0 Å². The Balaban J connectivity index is 1.71. The minimum Gasteiger partial charge on any atom is -0.506 e. The molecule has 0 amide bonds. The molecule has 3 aliphatic rings. The first-order valence-electron chi connectivity index (χ1n) is 11.3. The van der Waals surface area contributed by atoms with E-state index in [1.807, 2.05) is 44.5 Å². The molecule has 7 nitrogen and oxygen atoms in total. The van der Waals surface area contributed by atoms with Crippen LogP contribution in [0.3, 0.4) is 0 Å². The highest BCUT2D eigenvalue weighted by atomic mass is 16.4. The predicted octanol–water partition coefficient (Wildman–Crippen LogP) is 4.05. The van der Waals surface area contributed by atoms with Crippen molar-refractivity contribution in [1.29, 1.82) is 0 Å². The summed E-state index contributed by atoms with van der Waals surface area (Å²) in [5.74, 6) is -1.90. The Morgan fingerprint density at radius 1 is 1.15 bits per heavy atom. The van der Waals surface area contributed by atoms with E-state index in [2.05, 4.69) is 0 Å². The van der Waals surface area contributed by atoms with Gasteiger partial charge in [-0.3, -0.25) is 9.59 Å². The van der Waals surface area contributed by atoms with Gasteiger partial charge in [0.25, 0.3) is 0 Å². The van der Waals surface area contributed by atoms with Crippen LogP contribution in [0.4, 0.5) is 5.69 Å². The maximum Gasteiger partial charge on any atom is 0.335 e. The molecule has 7 heteroatoms. The number of carbonyl (C=O) groups is 3. The van der Waals surface area contributed by atoms with Gasteiger partial charge in [-0.2, -0.15) is 0 Å². The van der Waals surface area contributed by atoms with Gasteiger partial charge in [-0.1, -0.05) is 13.8 Å². The van der Waals surface area contributed by atoms with E-state index in [9.17, 15) is 24.6 Å². The highest BCUT2D eigenvalue weighted by molar-refractivity contribution is 6.26. The summed E-state index contributed by atoms with van der Waals surface area (Å²) in [6.07, 6.45) is 6.52. The molecule has 1 aromatic carbocycles. The number of hydrogen-bond acceptors (Lipinski definition) is 6. The van der Waals surface area contributed by atoms with Crippen molar-refractivity contribution in [2.45, 2.75) is 33.1 Å². The Labute approximate surface area is 198 Å². The summed E-state index contributed by atoms with van der Waals surface area (Å²) < 4.78 is 0. The Bertz CT molecular complexity index is 1290. The average molecular weight is 461 g/mol. The third-order valence-corrected chi connectivity index (χ3v) is 6.89. The highest BCUT2D eigenvalue weighted by Crippen LogP contribution is 2.48. The molecule has 0 fully saturated rings. The third kappa shape index (κ3) is 3.39. The molecule has 1 heterocycles. The number of ketones is 2. The summed E-state index contributed by atoms with van der Waals surface area (Å²) >= 11 is 0. The topological polar surface area (TPSA) is 98.2 Å². The lowest BCUT2D eigenvalue weighted by molar-refractivity contribution is -0.115. The zero-order chi connectivity index (χ0) is 24.9. The molecule has 1 aromatic rings. The number of carboxylic acids is 1. The summed E-state index contributed by atoms with van der Waals surface area (Å²) in [4.78, 5) is 41.1. The summed E-state index contributed by atoms with van der Waals surface area (Å²) in [6, 6.07) is 4.94. The molecule has 0 radical (unpaired) electrons. The predicted molar refractivity (Wildman–Crippen MR) is 130 cm³/mol. The van der Waals surface area contributed by atoms with Gasteiger partial charge >= 0.3 is 5.97 Å². The van der Waals surface area contributed by atoms with Crippen LogP contribution in [0.1, 0.15) is 43.6 Å². The van der Waals surface area contributed by atoms with Crippen LogP contribution in [-0.4, -0.2) is 52.8 Å². The van der Waals surface area contributed by atoms with Crippen LogP contribution in [0.15, 0.2) is 76.4 Å². The lowest BCUT2D eigenvalue weighted by Gasteiger charge is -2.28. The molecule has 176 valence electrons. The number of allylic oxidation sites excluding steroid dienone is 8. The van der Waals surface area contributed by atoms with Gasteiger partial charge in [-0.25, -0.2) is 4.79 Å². The molecular weight excluding hydrogens is 432 g/mol. The Hall–Kier alpha value is -3.87. The van der Waals surface area contributed by atoms with Gasteiger partial charge < -0.3 is 20.0 Å². The molecule has 0 unspecified atom stereocenters. The largest absolute Gasteiger partial charge is 0.506 e. The fourth-order valence-electron chi connectivity index (χ4n) is 4.87. The molecule has 0 atom stereocenters. The van der Waals surface area contributed by atoms with Gasteiger partial charge in [0.2, 0.25) is 5.78 Å². The zero-order valence-electron chi connectivity index (χ0n) is 20.0. The number of benzene rings is 1. The van der Waals surface area contributed by atoms with E-state index in [0.717, 1.165) is 35.7 Å². The number of hydrogen-bond donors (Lipinski definition) is 2. The number of aliphatic hydroxyl groups excluding tert-OH is 1. The van der Waals surface area contributed by atoms with Crippen molar-refractivity contribution in [2.75, 3.05) is 25.0 Å². The van der Waals surface area contributed by atoms with Crippen LogP contribution >= 0.6 is 0 Å². The van der Waals surface area contributed by atoms with E-state index >= 15 is 0 Å². The van der Waals surface area contributed by atoms with Crippen molar-refractivity contribution >= 4 is 23.2 Å². The summed E-state index contributed by atoms with van der Waals surface area (Å²) in [5.41, 5.74) is 3.16. The number of carboxylic acid groups (broad SMARTS) is 1. The van der Waals surface area contributed by atoms with Gasteiger partial charge in [0.05, 0.1) is 16.7 Å². The van der Waals surface area contributed by atoms with Crippen LogP contribution in [0.5, 0.6) is 0 Å². The second kappa shape index (κ2) is 8.17. The van der Waals surface area contributed by atoms with Crippen LogP contribution in [-0.2, 0) is 15.0 Å². The van der Waals surface area contributed by atoms with Crippen LogP contribution in [0, 0.1) is 0 Å². The normalized spacial score (nSPS) is 22.2. The van der Waals surface area contributed by atoms with Crippen LogP contribution in [0.2, 0.25) is 0 Å². The fourth-order valence-corrected chi connectivity index (χ4v) is 4.87. The zero-order valence-corrected chi connectivity index (χ0v) is 20.0. The smallest absolute Gasteiger partial charge is 0.335 e. The molecule has 0 saturated carbocycles. The van der Waals surface area contributed by atoms with Crippen molar-refractivity contribution < 1.29 is 24.6 Å². The van der Waals surface area contributed by atoms with Crippen molar-refractivity contribution in [3.63, 3.8) is 0 Å². The molecule has 2 aliphatic carbocycles. The summed E-state index contributed by atoms with van der Waals surface area (Å²) in [7, 11) is 1.84. The standard InChI is InChI=1S/C27H28N2O5/c1-6-29(7-2)16-9-10-17(21(30)13-16)23-24(31)18(25(23)32)14-22-27(3,4)19-12-15(26(33)34)8-11-20(19)28(22)5/h8-14,31H,6-7H2,1-5H3,(H,33,34)/b22-14?,23-17-. The SMILES string of the molecule is CCN(CC)C1=CC(=O)/C(=C2\C(=O)C(C=C3N(C)c4ccc(C(=O)O)cc4C3(C)C)=C2O)C=C1. The van der Waals surface area contributed by atoms with E-state index in [0.29, 0.717) is 0 Å². The number of Topliss-reactive ketones (excluding diaryl/α,β-unsaturated/α-hetero) is 1. The second-order valence-electron chi connectivity index (χ2n) is 9.07. The molecule has 4 rings (SSSR count). The number of anilines is 1. The first kappa shape index (κ1) is 23.3. The van der Waals surface area contributed by atoms with Crippen LogP contribution in [0.25, 0.3) is 0 Å². The Morgan fingerprint density at radius 3 is 2.38 bits per heavy atom. The number of aliphatic hydroxyl groups is 1. The van der Waals surface area contributed by atoms with E-state index < -0.39 is 11.4 Å². The monoisotopic (exact) mass is 460 g/mol. The lowest BCUT2D eigenvalue weighted by Crippen LogP contribution is -2.29. The first-order chi connectivity index (χ1) is 16.0. The molecule has 0 bridgehead atoms. The fraction of sp³-hybridized carbons (Fsp3) is 0.296. The number of fused-ring (bicyclic) bond motifs is 1. The third-order valence-electron chi connectivity index (χ3n) is 6.89. The first-order valence-corrected chi connectivity index (χ1v) is 11.3. The number of carbonyl (C=O) groups excluding carboxylic acids is 2. The maximum atomic E-state index is 13.0. The molecule has 1 aliphatic heterocycles. The van der Waals surface area contributed by atoms with E-state index in [1.165, 1.54) is 6.08 Å². The Kier molecular flexibility index (Phi) is 5.59. The second-order valence-corrected chi connectivity index (χ2v) is 9.07. The Morgan fingerprint density at radius 2 is 1.82 bits per heavy atom. The van der Waals surface area contributed by atoms with Gasteiger partial charge in [0.15, 0.2) is 5.78 Å². The van der Waals surface area contributed by atoms with E-state index in [4.69, 9.17) is 0 Å². The van der Waals surface area contributed by atoms with Crippen LogP contribution < -0.4 is 4.90 Å². The molecule has 34 heavy (non-hydrogen) atoms. The number of likely N-dealkylation sites (N-methyl/N-ethyl adjacent to an activating group) is 2. The number of rotatable bonds is 5. The van der Waals surface area contributed by atoms with Crippen molar-refractivity contribution in [1.82, 2.24) is 4.90 Å². The van der Waals surface area contributed by atoms with Gasteiger partial charge in [0.1, 0.15) is 5.76 Å². The van der Waals surface area contributed by atoms with E-state index in [1.54, 1.807) is 36.4 Å². The summed E-state index contributed by atoms with van der Waals surface area (Å²) in [5, 5.41) is 20.1. The number of aromatic carboxylic acids is 1. The van der Waals surface area contributed by atoms with E-state index in [-0.39, 0.29) is 39.6 Å². The molecule has 0 spiro atoms. The maximum absolute atomic E-state index is 13.0. The number of nitrogens with zero attached hydrogens (tertiary/aromatic N) is 2. The van der Waals surface area contributed by atoms with Gasteiger partial charge in [-0.15, -0.1) is 0 Å². The lowest BCUT2D eigenvalue weighted by atomic mass is 9.78. The van der Waals surface area contributed by atoms with Gasteiger partial charge in [-0.05, 0) is 55.8 Å². The van der Waals surface area contributed by atoms with Crippen molar-refractivity contribution in [3.05, 3.63) is 87.5 Å². The molecule has 2 N–H and O–H groups in total. The quantitative estimate of drug-likeness (QED) is 0.640. The molecular formula is C27H28N2O5. The summed E-state index contributed by atoms with van der Waals surface area (Å²) in [6.45, 7) is 9.41. The van der Waals surface area contributed by atoms with Crippen molar-refractivity contribution in [3.8, 4) is 0 Å². The van der Waals surface area contributed by atoms with Gasteiger partial charge in [0, 0.05) is 54.3 Å². The highest BCUT2D eigenvalue weighted by Gasteiger charge is 2.42. The molecule has 0 saturated heterocycles. The minimum absolute atomic E-state index is 0.0343. The average Bonchev–Trinajstić information content (AvgIpc) is 2.99. The molecule has 0 aromatic heterocycles. The minimum atomic E-state index is -1.01.